The van der Waals surface area contributed by atoms with E-state index in [1.165, 1.54) is 18.2 Å². The molecule has 2 aromatic rings. The van der Waals surface area contributed by atoms with Crippen molar-refractivity contribution in [2.45, 2.75) is 29.7 Å². The maximum atomic E-state index is 13.1. The molecule has 2 heterocycles. The number of para-hydroxylation sites is 1. The van der Waals surface area contributed by atoms with Gasteiger partial charge in [-0.1, -0.05) is 18.2 Å². The highest BCUT2D eigenvalue weighted by Crippen LogP contribution is 2.33. The molecule has 2 aliphatic heterocycles. The molecule has 2 fully saturated rings. The number of amides is 1. The quantitative estimate of drug-likeness (QED) is 0.740. The summed E-state index contributed by atoms with van der Waals surface area (Å²) >= 11 is 0. The van der Waals surface area contributed by atoms with E-state index in [9.17, 15) is 26.4 Å². The fraction of sp³-hybridized carbons (Fsp3) is 0.381. The van der Waals surface area contributed by atoms with E-state index in [4.69, 9.17) is 9.47 Å². The van der Waals surface area contributed by atoms with Crippen molar-refractivity contribution < 1.29 is 35.9 Å². The molecule has 1 amide bonds. The molecule has 172 valence electrons. The van der Waals surface area contributed by atoms with E-state index in [1.807, 2.05) is 0 Å². The number of carbonyl (C=O) groups excluding carboxylic acids is 1. The normalized spacial score (nSPS) is 18.7. The number of anilines is 1. The summed E-state index contributed by atoms with van der Waals surface area (Å²) in [4.78, 5) is 14.1. The Bertz CT molecular complexity index is 1100. The smallest absolute Gasteiger partial charge is 0.347 e. The van der Waals surface area contributed by atoms with E-state index in [1.54, 1.807) is 11.0 Å². The van der Waals surface area contributed by atoms with Gasteiger partial charge in [-0.3, -0.25) is 9.52 Å². The van der Waals surface area contributed by atoms with Crippen LogP contribution in [0.25, 0.3) is 0 Å². The van der Waals surface area contributed by atoms with Crippen LogP contribution in [0.3, 0.4) is 0 Å². The number of halogens is 3. The minimum absolute atomic E-state index is 0.0106. The zero-order valence-electron chi connectivity index (χ0n) is 16.9. The van der Waals surface area contributed by atoms with E-state index in [2.05, 4.69) is 4.72 Å². The van der Waals surface area contributed by atoms with E-state index >= 15 is 0 Å². The number of sulfonamides is 1. The lowest BCUT2D eigenvalue weighted by Crippen LogP contribution is -2.47. The van der Waals surface area contributed by atoms with Crippen LogP contribution < -0.4 is 4.72 Å². The lowest BCUT2D eigenvalue weighted by atomic mass is 10.0. The number of hydrogen-bond acceptors (Lipinski definition) is 5. The standard InChI is InChI=1S/C21H21F3N2O5S/c22-21(23,24)15-4-3-5-16(14-15)32(28,29)25-18-7-2-1-6-17(18)19(27)26-10-8-20(9-11-26)30-12-13-31-20/h1-7,14,25H,8-13H2. The first-order chi connectivity index (χ1) is 15.1. The highest BCUT2D eigenvalue weighted by Gasteiger charge is 2.41. The molecule has 0 saturated carbocycles. The predicted octanol–water partition coefficient (Wildman–Crippen LogP) is 3.49. The highest BCUT2D eigenvalue weighted by molar-refractivity contribution is 7.92. The Hall–Kier alpha value is -2.63. The summed E-state index contributed by atoms with van der Waals surface area (Å²) in [5.41, 5.74) is -0.987. The van der Waals surface area contributed by atoms with Gasteiger partial charge in [-0.25, -0.2) is 8.42 Å². The Labute approximate surface area is 183 Å². The minimum Gasteiger partial charge on any atom is -0.347 e. The first kappa shape index (κ1) is 22.6. The Morgan fingerprint density at radius 3 is 2.31 bits per heavy atom. The molecular formula is C21H21F3N2O5S. The first-order valence-corrected chi connectivity index (χ1v) is 11.4. The Morgan fingerprint density at radius 2 is 1.66 bits per heavy atom. The largest absolute Gasteiger partial charge is 0.416 e. The van der Waals surface area contributed by atoms with E-state index in [-0.39, 0.29) is 17.2 Å². The van der Waals surface area contributed by atoms with E-state index in [0.29, 0.717) is 45.2 Å². The molecule has 0 unspecified atom stereocenters. The molecule has 0 atom stereocenters. The minimum atomic E-state index is -4.68. The molecule has 11 heteroatoms. The third-order valence-corrected chi connectivity index (χ3v) is 6.86. The number of ether oxygens (including phenoxy) is 2. The van der Waals surface area contributed by atoms with Crippen LogP contribution in [0.15, 0.2) is 53.4 Å². The third kappa shape index (κ3) is 4.59. The van der Waals surface area contributed by atoms with Crippen molar-refractivity contribution in [3.63, 3.8) is 0 Å². The molecule has 0 bridgehead atoms. The fourth-order valence-electron chi connectivity index (χ4n) is 3.81. The number of rotatable bonds is 4. The van der Waals surface area contributed by atoms with Gasteiger partial charge in [0.1, 0.15) is 0 Å². The summed E-state index contributed by atoms with van der Waals surface area (Å²) in [5, 5.41) is 0. The van der Waals surface area contributed by atoms with E-state index in [0.717, 1.165) is 18.2 Å². The Morgan fingerprint density at radius 1 is 1.00 bits per heavy atom. The zero-order chi connectivity index (χ0) is 23.0. The van der Waals surface area contributed by atoms with Crippen LogP contribution >= 0.6 is 0 Å². The second kappa shape index (κ2) is 8.38. The van der Waals surface area contributed by atoms with Gasteiger partial charge >= 0.3 is 6.18 Å². The number of benzene rings is 2. The van der Waals surface area contributed by atoms with Crippen LogP contribution in [0.4, 0.5) is 18.9 Å². The van der Waals surface area contributed by atoms with E-state index < -0.39 is 32.4 Å². The van der Waals surface area contributed by atoms with Crippen LogP contribution in [0, 0.1) is 0 Å². The first-order valence-electron chi connectivity index (χ1n) is 9.96. The highest BCUT2D eigenvalue weighted by atomic mass is 32.2. The maximum absolute atomic E-state index is 13.1. The van der Waals surface area contributed by atoms with Gasteiger partial charge in [-0.05, 0) is 30.3 Å². The summed E-state index contributed by atoms with van der Waals surface area (Å²) in [6, 6.07) is 9.41. The second-order valence-electron chi connectivity index (χ2n) is 7.58. The monoisotopic (exact) mass is 470 g/mol. The van der Waals surface area contributed by atoms with Crippen molar-refractivity contribution in [1.82, 2.24) is 4.90 Å². The lowest BCUT2D eigenvalue weighted by molar-refractivity contribution is -0.181. The zero-order valence-corrected chi connectivity index (χ0v) is 17.7. The van der Waals surface area contributed by atoms with Crippen molar-refractivity contribution >= 4 is 21.6 Å². The maximum Gasteiger partial charge on any atom is 0.416 e. The summed E-state index contributed by atoms with van der Waals surface area (Å²) < 4.78 is 78.1. The molecule has 2 aliphatic rings. The third-order valence-electron chi connectivity index (χ3n) is 5.50. The number of nitrogens with one attached hydrogen (secondary N) is 1. The molecule has 32 heavy (non-hydrogen) atoms. The summed E-state index contributed by atoms with van der Waals surface area (Å²) in [5.74, 6) is -1.05. The molecular weight excluding hydrogens is 449 g/mol. The topological polar surface area (TPSA) is 84.9 Å². The summed E-state index contributed by atoms with van der Waals surface area (Å²) in [7, 11) is -4.36. The molecule has 4 rings (SSSR count). The average molecular weight is 470 g/mol. The van der Waals surface area contributed by atoms with Crippen LogP contribution in [0.1, 0.15) is 28.8 Å². The Balaban J connectivity index is 1.54. The molecule has 0 radical (unpaired) electrons. The van der Waals surface area contributed by atoms with Crippen molar-refractivity contribution in [1.29, 1.82) is 0 Å². The van der Waals surface area contributed by atoms with Gasteiger partial charge in [0.2, 0.25) is 0 Å². The van der Waals surface area contributed by atoms with Crippen LogP contribution in [-0.2, 0) is 25.7 Å². The molecule has 2 aromatic carbocycles. The predicted molar refractivity (Wildman–Crippen MR) is 108 cm³/mol. The van der Waals surface area contributed by atoms with Crippen molar-refractivity contribution in [3.05, 3.63) is 59.7 Å². The summed E-state index contributed by atoms with van der Waals surface area (Å²) in [6.45, 7) is 1.75. The number of likely N-dealkylation sites (tertiary alicyclic amines) is 1. The van der Waals surface area contributed by atoms with Crippen molar-refractivity contribution in [3.8, 4) is 0 Å². The van der Waals surface area contributed by atoms with Crippen LogP contribution in [0.2, 0.25) is 0 Å². The number of hydrogen-bond donors (Lipinski definition) is 1. The SMILES string of the molecule is O=C(c1ccccc1NS(=O)(=O)c1cccc(C(F)(F)F)c1)N1CCC2(CC1)OCCO2. The lowest BCUT2D eigenvalue weighted by Gasteiger charge is -2.37. The average Bonchev–Trinajstić information content (AvgIpc) is 3.21. The van der Waals surface area contributed by atoms with Gasteiger partial charge in [0, 0.05) is 25.9 Å². The van der Waals surface area contributed by atoms with Gasteiger partial charge in [0.15, 0.2) is 5.79 Å². The van der Waals surface area contributed by atoms with Crippen LogP contribution in [0.5, 0.6) is 0 Å². The number of piperidine rings is 1. The summed E-state index contributed by atoms with van der Waals surface area (Å²) in [6.07, 6.45) is -3.69. The van der Waals surface area contributed by atoms with Gasteiger partial charge in [0.05, 0.1) is 34.9 Å². The Kier molecular flexibility index (Phi) is 5.91. The number of nitrogens with zero attached hydrogens (tertiary/aromatic N) is 1. The number of carbonyl (C=O) groups is 1. The molecule has 7 nitrogen and oxygen atoms in total. The van der Waals surface area contributed by atoms with Gasteiger partial charge in [-0.2, -0.15) is 13.2 Å². The van der Waals surface area contributed by atoms with Crippen molar-refractivity contribution in [2.24, 2.45) is 0 Å². The fourth-order valence-corrected chi connectivity index (χ4v) is 4.93. The molecule has 0 aliphatic carbocycles. The molecule has 0 aromatic heterocycles. The van der Waals surface area contributed by atoms with Gasteiger partial charge in [0.25, 0.3) is 15.9 Å². The second-order valence-corrected chi connectivity index (χ2v) is 9.26. The molecule has 1 spiro atoms. The van der Waals surface area contributed by atoms with Crippen LogP contribution in [-0.4, -0.2) is 51.3 Å². The van der Waals surface area contributed by atoms with Gasteiger partial charge < -0.3 is 14.4 Å². The molecule has 2 saturated heterocycles. The molecule has 1 N–H and O–H groups in total. The number of alkyl halides is 3. The van der Waals surface area contributed by atoms with Crippen molar-refractivity contribution in [2.75, 3.05) is 31.0 Å². The van der Waals surface area contributed by atoms with Gasteiger partial charge in [-0.15, -0.1) is 0 Å².